The van der Waals surface area contributed by atoms with Crippen LogP contribution in [-0.2, 0) is 4.79 Å². The van der Waals surface area contributed by atoms with Gasteiger partial charge in [-0.2, -0.15) is 0 Å². The van der Waals surface area contributed by atoms with E-state index in [1.165, 1.54) is 12.8 Å². The zero-order chi connectivity index (χ0) is 14.7. The maximum absolute atomic E-state index is 12.5. The van der Waals surface area contributed by atoms with Crippen LogP contribution in [0.25, 0.3) is 0 Å². The largest absolute Gasteiger partial charge is 0.481 e. The van der Waals surface area contributed by atoms with Crippen LogP contribution in [0.15, 0.2) is 0 Å². The summed E-state index contributed by atoms with van der Waals surface area (Å²) >= 11 is 0. The van der Waals surface area contributed by atoms with Crippen molar-refractivity contribution in [2.24, 2.45) is 11.8 Å². The fraction of sp³-hybridized carbons (Fsp3) is 0.867. The van der Waals surface area contributed by atoms with Crippen LogP contribution in [0.2, 0.25) is 0 Å². The van der Waals surface area contributed by atoms with E-state index in [4.69, 9.17) is 5.11 Å². The zero-order valence-corrected chi connectivity index (χ0v) is 12.5. The van der Waals surface area contributed by atoms with Crippen LogP contribution < -0.4 is 0 Å². The summed E-state index contributed by atoms with van der Waals surface area (Å²) in [5.41, 5.74) is 0. The Morgan fingerprint density at radius 3 is 2.60 bits per heavy atom. The number of likely N-dealkylation sites (tertiary alicyclic amines) is 2. The van der Waals surface area contributed by atoms with Crippen molar-refractivity contribution in [2.45, 2.75) is 52.0 Å². The SMILES string of the molecule is CCCC1CCN(C(=O)N2CCC(C(=O)O)CC2C)C1. The summed E-state index contributed by atoms with van der Waals surface area (Å²) in [5, 5.41) is 9.07. The number of hydrogen-bond acceptors (Lipinski definition) is 2. The predicted molar refractivity (Wildman–Crippen MR) is 76.5 cm³/mol. The summed E-state index contributed by atoms with van der Waals surface area (Å²) in [6, 6.07) is 0.141. The third-order valence-electron chi connectivity index (χ3n) is 4.72. The maximum Gasteiger partial charge on any atom is 0.320 e. The van der Waals surface area contributed by atoms with Gasteiger partial charge < -0.3 is 14.9 Å². The summed E-state index contributed by atoms with van der Waals surface area (Å²) in [4.78, 5) is 27.4. The Morgan fingerprint density at radius 2 is 2.00 bits per heavy atom. The highest BCUT2D eigenvalue weighted by atomic mass is 16.4. The molecule has 3 unspecified atom stereocenters. The summed E-state index contributed by atoms with van der Waals surface area (Å²) in [7, 11) is 0. The molecule has 0 spiro atoms. The number of nitrogens with zero attached hydrogens (tertiary/aromatic N) is 2. The fourth-order valence-corrected chi connectivity index (χ4v) is 3.51. The third kappa shape index (κ3) is 3.25. The van der Waals surface area contributed by atoms with Crippen LogP contribution in [0.4, 0.5) is 4.79 Å². The van der Waals surface area contributed by atoms with Gasteiger partial charge in [0.15, 0.2) is 0 Å². The van der Waals surface area contributed by atoms with Crippen LogP contribution >= 0.6 is 0 Å². The molecule has 2 saturated heterocycles. The molecule has 5 heteroatoms. The van der Waals surface area contributed by atoms with Crippen LogP contribution in [0.5, 0.6) is 0 Å². The van der Waals surface area contributed by atoms with E-state index in [9.17, 15) is 9.59 Å². The number of carboxylic acid groups (broad SMARTS) is 1. The van der Waals surface area contributed by atoms with Crippen LogP contribution in [0.3, 0.4) is 0 Å². The van der Waals surface area contributed by atoms with Gasteiger partial charge in [0.2, 0.25) is 0 Å². The number of hydrogen-bond donors (Lipinski definition) is 1. The van der Waals surface area contributed by atoms with Gasteiger partial charge in [-0.05, 0) is 38.5 Å². The Balaban J connectivity index is 1.89. The molecular formula is C15H26N2O3. The van der Waals surface area contributed by atoms with E-state index < -0.39 is 5.97 Å². The smallest absolute Gasteiger partial charge is 0.320 e. The predicted octanol–water partition coefficient (Wildman–Crippen LogP) is 2.41. The second-order valence-electron chi connectivity index (χ2n) is 6.27. The number of carboxylic acids is 1. The number of urea groups is 1. The highest BCUT2D eigenvalue weighted by molar-refractivity contribution is 5.76. The van der Waals surface area contributed by atoms with Crippen molar-refractivity contribution in [2.75, 3.05) is 19.6 Å². The lowest BCUT2D eigenvalue weighted by molar-refractivity contribution is -0.143. The Morgan fingerprint density at radius 1 is 1.25 bits per heavy atom. The van der Waals surface area contributed by atoms with Crippen LogP contribution in [0, 0.1) is 11.8 Å². The monoisotopic (exact) mass is 282 g/mol. The van der Waals surface area contributed by atoms with E-state index in [2.05, 4.69) is 6.92 Å². The molecule has 2 heterocycles. The fourth-order valence-electron chi connectivity index (χ4n) is 3.51. The molecule has 0 aromatic rings. The third-order valence-corrected chi connectivity index (χ3v) is 4.72. The molecule has 3 atom stereocenters. The van der Waals surface area contributed by atoms with Crippen molar-refractivity contribution in [3.05, 3.63) is 0 Å². The normalized spacial score (nSPS) is 30.6. The molecule has 1 N–H and O–H groups in total. The molecule has 0 saturated carbocycles. The van der Waals surface area contributed by atoms with Crippen molar-refractivity contribution in [1.82, 2.24) is 9.80 Å². The molecule has 114 valence electrons. The van der Waals surface area contributed by atoms with Crippen molar-refractivity contribution >= 4 is 12.0 Å². The first kappa shape index (κ1) is 15.1. The van der Waals surface area contributed by atoms with Gasteiger partial charge in [0.05, 0.1) is 5.92 Å². The number of aliphatic carboxylic acids is 1. The zero-order valence-electron chi connectivity index (χ0n) is 12.5. The van der Waals surface area contributed by atoms with Crippen LogP contribution in [-0.4, -0.2) is 52.6 Å². The molecule has 2 fully saturated rings. The first-order valence-corrected chi connectivity index (χ1v) is 7.81. The average Bonchev–Trinajstić information content (AvgIpc) is 2.87. The molecule has 2 aliphatic rings. The van der Waals surface area contributed by atoms with E-state index >= 15 is 0 Å². The van der Waals surface area contributed by atoms with E-state index in [0.29, 0.717) is 25.3 Å². The molecule has 2 aliphatic heterocycles. The van der Waals surface area contributed by atoms with Gasteiger partial charge in [0.25, 0.3) is 0 Å². The van der Waals surface area contributed by atoms with E-state index in [0.717, 1.165) is 19.5 Å². The van der Waals surface area contributed by atoms with Gasteiger partial charge in [-0.15, -0.1) is 0 Å². The Hall–Kier alpha value is -1.26. The lowest BCUT2D eigenvalue weighted by Crippen LogP contribution is -2.51. The summed E-state index contributed by atoms with van der Waals surface area (Å²) in [6.07, 6.45) is 4.64. The molecule has 0 aromatic carbocycles. The molecule has 5 nitrogen and oxygen atoms in total. The summed E-state index contributed by atoms with van der Waals surface area (Å²) in [5.74, 6) is -0.371. The summed E-state index contributed by atoms with van der Waals surface area (Å²) in [6.45, 7) is 6.45. The highest BCUT2D eigenvalue weighted by Gasteiger charge is 2.36. The standard InChI is InChI=1S/C15H26N2O3/c1-3-4-12-5-7-16(10-12)15(20)17-8-6-13(14(18)19)9-11(17)2/h11-13H,3-10H2,1-2H3,(H,18,19). The van der Waals surface area contributed by atoms with Gasteiger partial charge >= 0.3 is 12.0 Å². The topological polar surface area (TPSA) is 60.9 Å². The molecular weight excluding hydrogens is 256 g/mol. The Kier molecular flexibility index (Phi) is 4.89. The van der Waals surface area contributed by atoms with Gasteiger partial charge in [0, 0.05) is 25.7 Å². The van der Waals surface area contributed by atoms with Gasteiger partial charge in [0.1, 0.15) is 0 Å². The highest BCUT2D eigenvalue weighted by Crippen LogP contribution is 2.27. The van der Waals surface area contributed by atoms with Gasteiger partial charge in [-0.1, -0.05) is 13.3 Å². The summed E-state index contributed by atoms with van der Waals surface area (Å²) < 4.78 is 0. The second kappa shape index (κ2) is 6.46. The molecule has 0 bridgehead atoms. The number of piperidine rings is 1. The number of rotatable bonds is 3. The van der Waals surface area contributed by atoms with E-state index in [1.807, 2.05) is 16.7 Å². The van der Waals surface area contributed by atoms with Crippen LogP contribution in [0.1, 0.15) is 46.0 Å². The number of carbonyl (C=O) groups is 2. The molecule has 0 aliphatic carbocycles. The van der Waals surface area contributed by atoms with Gasteiger partial charge in [-0.25, -0.2) is 4.79 Å². The number of carbonyl (C=O) groups excluding carboxylic acids is 1. The first-order valence-electron chi connectivity index (χ1n) is 7.81. The average molecular weight is 282 g/mol. The minimum Gasteiger partial charge on any atom is -0.481 e. The van der Waals surface area contributed by atoms with Crippen molar-refractivity contribution in [3.63, 3.8) is 0 Å². The first-order chi connectivity index (χ1) is 9.52. The Labute approximate surface area is 120 Å². The quantitative estimate of drug-likeness (QED) is 0.864. The number of amides is 2. The minimum absolute atomic E-state index is 0.0302. The second-order valence-corrected chi connectivity index (χ2v) is 6.27. The molecule has 0 radical (unpaired) electrons. The lowest BCUT2D eigenvalue weighted by Gasteiger charge is -2.38. The van der Waals surface area contributed by atoms with Crippen molar-refractivity contribution in [1.29, 1.82) is 0 Å². The maximum atomic E-state index is 12.5. The Bertz CT molecular complexity index is 372. The molecule has 2 rings (SSSR count). The van der Waals surface area contributed by atoms with Crippen molar-refractivity contribution < 1.29 is 14.7 Å². The van der Waals surface area contributed by atoms with Gasteiger partial charge in [-0.3, -0.25) is 4.79 Å². The molecule has 0 aromatic heterocycles. The van der Waals surface area contributed by atoms with E-state index in [-0.39, 0.29) is 18.0 Å². The molecule has 2 amide bonds. The van der Waals surface area contributed by atoms with E-state index in [1.54, 1.807) is 0 Å². The minimum atomic E-state index is -0.729. The molecule has 20 heavy (non-hydrogen) atoms. The lowest BCUT2D eigenvalue weighted by atomic mass is 9.92. The van der Waals surface area contributed by atoms with Crippen molar-refractivity contribution in [3.8, 4) is 0 Å².